The molecule has 1 aromatic heterocycles. The summed E-state index contributed by atoms with van der Waals surface area (Å²) < 4.78 is 5.62. The fraction of sp³-hybridized carbons (Fsp3) is 0.308. The predicted octanol–water partition coefficient (Wildman–Crippen LogP) is 2.27. The molecule has 2 aromatic rings. The van der Waals surface area contributed by atoms with Crippen LogP contribution in [0.1, 0.15) is 22.9 Å². The van der Waals surface area contributed by atoms with Gasteiger partial charge in [0.2, 0.25) is 0 Å². The van der Waals surface area contributed by atoms with Crippen LogP contribution >= 0.6 is 0 Å². The van der Waals surface area contributed by atoms with Gasteiger partial charge in [0.15, 0.2) is 0 Å². The van der Waals surface area contributed by atoms with Gasteiger partial charge in [-0.3, -0.25) is 0 Å². The third-order valence-electron chi connectivity index (χ3n) is 3.07. The van der Waals surface area contributed by atoms with E-state index in [1.54, 1.807) is 6.20 Å². The first-order valence-electron chi connectivity index (χ1n) is 5.57. The Hall–Kier alpha value is -1.61. The van der Waals surface area contributed by atoms with Crippen molar-refractivity contribution in [2.75, 3.05) is 6.61 Å². The van der Waals surface area contributed by atoms with E-state index in [9.17, 15) is 0 Å². The van der Waals surface area contributed by atoms with E-state index >= 15 is 0 Å². The number of imidazole rings is 1. The third kappa shape index (κ3) is 1.74. The predicted molar refractivity (Wildman–Crippen MR) is 61.1 cm³/mol. The van der Waals surface area contributed by atoms with E-state index in [0.717, 1.165) is 25.5 Å². The number of aromatic nitrogens is 2. The van der Waals surface area contributed by atoms with Crippen LogP contribution in [0.25, 0.3) is 0 Å². The van der Waals surface area contributed by atoms with Gasteiger partial charge in [-0.2, -0.15) is 0 Å². The van der Waals surface area contributed by atoms with Crippen LogP contribution in [-0.4, -0.2) is 16.6 Å². The summed E-state index contributed by atoms with van der Waals surface area (Å²) in [5, 5.41) is 0. The maximum absolute atomic E-state index is 5.62. The van der Waals surface area contributed by atoms with Crippen LogP contribution in [0.4, 0.5) is 0 Å². The lowest BCUT2D eigenvalue weighted by Crippen LogP contribution is -2.18. The number of hydrogen-bond acceptors (Lipinski definition) is 2. The van der Waals surface area contributed by atoms with Crippen molar-refractivity contribution in [3.05, 3.63) is 53.6 Å². The number of nitrogens with one attached hydrogen (secondary N) is 1. The van der Waals surface area contributed by atoms with E-state index in [-0.39, 0.29) is 0 Å². The fourth-order valence-corrected chi connectivity index (χ4v) is 2.28. The number of hydrogen-bond donors (Lipinski definition) is 1. The summed E-state index contributed by atoms with van der Waals surface area (Å²) in [7, 11) is 0. The Morgan fingerprint density at radius 2 is 2.31 bits per heavy atom. The number of H-pyrrole nitrogens is 1. The number of fused-ring (bicyclic) bond motifs is 1. The molecular weight excluding hydrogens is 200 g/mol. The maximum atomic E-state index is 5.62. The summed E-state index contributed by atoms with van der Waals surface area (Å²) in [5.41, 5.74) is 2.72. The Morgan fingerprint density at radius 3 is 3.19 bits per heavy atom. The van der Waals surface area contributed by atoms with Gasteiger partial charge in [-0.25, -0.2) is 4.98 Å². The van der Waals surface area contributed by atoms with Crippen molar-refractivity contribution in [1.29, 1.82) is 0 Å². The average molecular weight is 214 g/mol. The van der Waals surface area contributed by atoms with Gasteiger partial charge in [0.05, 0.1) is 13.2 Å². The molecule has 1 unspecified atom stereocenters. The molecule has 3 rings (SSSR count). The molecule has 0 aliphatic carbocycles. The van der Waals surface area contributed by atoms with Crippen molar-refractivity contribution in [1.82, 2.24) is 9.97 Å². The van der Waals surface area contributed by atoms with Crippen LogP contribution in [0.2, 0.25) is 0 Å². The zero-order valence-corrected chi connectivity index (χ0v) is 9.02. The fourth-order valence-electron chi connectivity index (χ4n) is 2.28. The van der Waals surface area contributed by atoms with E-state index < -0.39 is 0 Å². The van der Waals surface area contributed by atoms with Gasteiger partial charge >= 0.3 is 0 Å². The molecule has 1 N–H and O–H groups in total. The van der Waals surface area contributed by atoms with Gasteiger partial charge in [-0.15, -0.1) is 0 Å². The Kier molecular flexibility index (Phi) is 2.46. The lowest BCUT2D eigenvalue weighted by atomic mass is 9.90. The Balaban J connectivity index is 1.87. The molecule has 1 aliphatic heterocycles. The smallest absolute Gasteiger partial charge is 0.106 e. The number of benzene rings is 1. The summed E-state index contributed by atoms with van der Waals surface area (Å²) in [6.07, 6.45) is 4.58. The molecule has 1 atom stereocenters. The number of rotatable bonds is 2. The zero-order chi connectivity index (χ0) is 10.8. The Labute approximate surface area is 94.5 Å². The van der Waals surface area contributed by atoms with E-state index in [1.807, 2.05) is 6.20 Å². The highest BCUT2D eigenvalue weighted by atomic mass is 16.5. The molecule has 0 amide bonds. The molecule has 0 saturated carbocycles. The molecule has 0 fully saturated rings. The second kappa shape index (κ2) is 4.10. The quantitative estimate of drug-likeness (QED) is 0.832. The SMILES string of the molecule is c1ccc2c(c1)COCC2Cc1ncc[nH]1. The first-order chi connectivity index (χ1) is 7.93. The van der Waals surface area contributed by atoms with Crippen molar-refractivity contribution in [3.63, 3.8) is 0 Å². The van der Waals surface area contributed by atoms with Gasteiger partial charge in [-0.05, 0) is 11.1 Å². The summed E-state index contributed by atoms with van der Waals surface area (Å²) in [6, 6.07) is 8.51. The van der Waals surface area contributed by atoms with Crippen molar-refractivity contribution >= 4 is 0 Å². The highest BCUT2D eigenvalue weighted by Gasteiger charge is 2.21. The molecular formula is C13H14N2O. The molecule has 0 spiro atoms. The van der Waals surface area contributed by atoms with E-state index in [1.165, 1.54) is 11.1 Å². The minimum absolute atomic E-state index is 0.427. The number of ether oxygens (including phenoxy) is 1. The Morgan fingerprint density at radius 1 is 1.38 bits per heavy atom. The second-order valence-electron chi connectivity index (χ2n) is 4.15. The van der Waals surface area contributed by atoms with E-state index in [2.05, 4.69) is 34.2 Å². The molecule has 16 heavy (non-hydrogen) atoms. The molecule has 0 bridgehead atoms. The summed E-state index contributed by atoms with van der Waals surface area (Å²) in [5.74, 6) is 1.46. The largest absolute Gasteiger partial charge is 0.376 e. The van der Waals surface area contributed by atoms with E-state index in [0.29, 0.717) is 5.92 Å². The number of nitrogens with zero attached hydrogens (tertiary/aromatic N) is 1. The molecule has 2 heterocycles. The minimum Gasteiger partial charge on any atom is -0.376 e. The van der Waals surface area contributed by atoms with Gasteiger partial charge < -0.3 is 9.72 Å². The van der Waals surface area contributed by atoms with Gasteiger partial charge in [0.25, 0.3) is 0 Å². The van der Waals surface area contributed by atoms with E-state index in [4.69, 9.17) is 4.74 Å². The maximum Gasteiger partial charge on any atom is 0.106 e. The first kappa shape index (κ1) is 9.60. The van der Waals surface area contributed by atoms with Crippen LogP contribution in [0.15, 0.2) is 36.7 Å². The van der Waals surface area contributed by atoms with Crippen LogP contribution in [0.5, 0.6) is 0 Å². The summed E-state index contributed by atoms with van der Waals surface area (Å²) >= 11 is 0. The molecule has 82 valence electrons. The van der Waals surface area contributed by atoms with Crippen molar-refractivity contribution < 1.29 is 4.74 Å². The lowest BCUT2D eigenvalue weighted by Gasteiger charge is -2.24. The highest BCUT2D eigenvalue weighted by Crippen LogP contribution is 2.28. The summed E-state index contributed by atoms with van der Waals surface area (Å²) in [4.78, 5) is 7.42. The molecule has 3 nitrogen and oxygen atoms in total. The topological polar surface area (TPSA) is 37.9 Å². The monoisotopic (exact) mass is 214 g/mol. The first-order valence-corrected chi connectivity index (χ1v) is 5.57. The molecule has 0 radical (unpaired) electrons. The van der Waals surface area contributed by atoms with Crippen LogP contribution in [0.3, 0.4) is 0 Å². The normalized spacial score (nSPS) is 19.4. The third-order valence-corrected chi connectivity index (χ3v) is 3.07. The molecule has 1 aromatic carbocycles. The van der Waals surface area contributed by atoms with Crippen molar-refractivity contribution in [2.45, 2.75) is 18.9 Å². The van der Waals surface area contributed by atoms with Crippen molar-refractivity contribution in [3.8, 4) is 0 Å². The molecule has 1 aliphatic rings. The standard InChI is InChI=1S/C13H14N2O/c1-2-4-12-10(3-1)8-16-9-11(12)7-13-14-5-6-15-13/h1-6,11H,7-9H2,(H,14,15). The second-order valence-corrected chi connectivity index (χ2v) is 4.15. The number of aromatic amines is 1. The summed E-state index contributed by atoms with van der Waals surface area (Å²) in [6.45, 7) is 1.53. The lowest BCUT2D eigenvalue weighted by molar-refractivity contribution is 0.0905. The zero-order valence-electron chi connectivity index (χ0n) is 9.02. The minimum atomic E-state index is 0.427. The van der Waals surface area contributed by atoms with Crippen LogP contribution in [0, 0.1) is 0 Å². The van der Waals surface area contributed by atoms with Crippen molar-refractivity contribution in [2.24, 2.45) is 0 Å². The molecule has 3 heteroatoms. The van der Waals surface area contributed by atoms with Crippen LogP contribution in [-0.2, 0) is 17.8 Å². The van der Waals surface area contributed by atoms with Crippen LogP contribution < -0.4 is 0 Å². The highest BCUT2D eigenvalue weighted by molar-refractivity contribution is 5.32. The average Bonchev–Trinajstić information content (AvgIpc) is 2.82. The van der Waals surface area contributed by atoms with Gasteiger partial charge in [-0.1, -0.05) is 24.3 Å². The molecule has 0 saturated heterocycles. The Bertz CT molecular complexity index is 465. The van der Waals surface area contributed by atoms with Gasteiger partial charge in [0, 0.05) is 24.7 Å². The van der Waals surface area contributed by atoms with Gasteiger partial charge in [0.1, 0.15) is 5.82 Å².